The van der Waals surface area contributed by atoms with E-state index in [1.165, 1.54) is 24.3 Å². The van der Waals surface area contributed by atoms with Gasteiger partial charge in [0.25, 0.3) is 5.91 Å². The summed E-state index contributed by atoms with van der Waals surface area (Å²) in [6, 6.07) is 9.22. The van der Waals surface area contributed by atoms with E-state index in [-0.39, 0.29) is 11.7 Å². The quantitative estimate of drug-likeness (QED) is 0.856. The summed E-state index contributed by atoms with van der Waals surface area (Å²) in [4.78, 5) is 14.6. The number of rotatable bonds is 3. The molecule has 17 heavy (non-hydrogen) atoms. The van der Waals surface area contributed by atoms with Crippen LogP contribution in [0.3, 0.4) is 0 Å². The van der Waals surface area contributed by atoms with E-state index in [9.17, 15) is 9.18 Å². The van der Waals surface area contributed by atoms with Crippen molar-refractivity contribution in [3.8, 4) is 0 Å². The summed E-state index contributed by atoms with van der Waals surface area (Å²) in [5.74, 6) is -0.562. The highest BCUT2D eigenvalue weighted by Crippen LogP contribution is 2.03. The van der Waals surface area contributed by atoms with Crippen molar-refractivity contribution in [2.24, 2.45) is 0 Å². The van der Waals surface area contributed by atoms with Gasteiger partial charge in [-0.2, -0.15) is 0 Å². The molecule has 1 amide bonds. The number of halogens is 1. The topological polar surface area (TPSA) is 43.2 Å². The third kappa shape index (κ3) is 3.11. The first-order chi connectivity index (χ1) is 8.25. The number of amides is 1. The molecule has 0 saturated heterocycles. The number of pyridine rings is 1. The van der Waals surface area contributed by atoms with Gasteiger partial charge in [-0.3, -0.25) is 4.79 Å². The summed E-state index contributed by atoms with van der Waals surface area (Å²) in [7, 11) is 0. The lowest BCUT2D eigenvalue weighted by Gasteiger charge is -2.03. The molecule has 0 radical (unpaired) electrons. The van der Waals surface area contributed by atoms with Gasteiger partial charge in [-0.25, -0.2) is 9.37 Å². The molecule has 86 valence electrons. The van der Waals surface area contributed by atoms with Gasteiger partial charge in [0.2, 0.25) is 0 Å². The summed E-state index contributed by atoms with van der Waals surface area (Å²) in [6.45, 7) is 0.438. The minimum absolute atomic E-state index is 0.214. The van der Waals surface area contributed by atoms with Gasteiger partial charge in [-0.1, -0.05) is 0 Å². The lowest BCUT2D eigenvalue weighted by atomic mass is 10.2. The second-order valence-electron chi connectivity index (χ2n) is 3.60. The molecule has 1 aromatic carbocycles. The Morgan fingerprint density at radius 2 is 2.00 bits per heavy atom. The summed E-state index contributed by atoms with van der Waals surface area (Å²) in [5.41, 5.74) is 1.43. The molecule has 0 saturated carbocycles. The lowest BCUT2D eigenvalue weighted by molar-refractivity contribution is -0.378. The molecule has 0 aliphatic heterocycles. The van der Waals surface area contributed by atoms with E-state index in [0.717, 1.165) is 5.56 Å². The first-order valence-corrected chi connectivity index (χ1v) is 5.24. The van der Waals surface area contributed by atoms with E-state index < -0.39 is 0 Å². The molecule has 2 N–H and O–H groups in total. The van der Waals surface area contributed by atoms with Crippen LogP contribution in [0.15, 0.2) is 48.8 Å². The smallest absolute Gasteiger partial charge is 0.251 e. The van der Waals surface area contributed by atoms with Crippen molar-refractivity contribution in [2.45, 2.75) is 6.54 Å². The number of hydrogen-bond donors (Lipinski definition) is 1. The monoisotopic (exact) mass is 231 g/mol. The van der Waals surface area contributed by atoms with E-state index in [2.05, 4.69) is 10.3 Å². The predicted molar refractivity (Wildman–Crippen MR) is 60.6 cm³/mol. The fourth-order valence-electron chi connectivity index (χ4n) is 1.43. The van der Waals surface area contributed by atoms with Gasteiger partial charge in [0.15, 0.2) is 12.4 Å². The molecule has 1 aromatic heterocycles. The molecule has 4 heteroatoms. The molecule has 2 rings (SSSR count). The van der Waals surface area contributed by atoms with Gasteiger partial charge in [-0.05, 0) is 30.3 Å². The molecule has 0 spiro atoms. The number of nitrogens with one attached hydrogen (secondary N) is 2. The first-order valence-electron chi connectivity index (χ1n) is 5.24. The van der Waals surface area contributed by atoms with E-state index in [4.69, 9.17) is 0 Å². The Bertz CT molecular complexity index is 497. The molecular weight excluding hydrogens is 219 g/mol. The Balaban J connectivity index is 1.96. The molecule has 3 nitrogen and oxygen atoms in total. The molecule has 0 fully saturated rings. The zero-order chi connectivity index (χ0) is 12.1. The van der Waals surface area contributed by atoms with Crippen molar-refractivity contribution in [2.75, 3.05) is 0 Å². The van der Waals surface area contributed by atoms with Crippen LogP contribution in [0.1, 0.15) is 15.9 Å². The van der Waals surface area contributed by atoms with Crippen LogP contribution in [0.25, 0.3) is 0 Å². The third-order valence-electron chi connectivity index (χ3n) is 2.33. The number of carbonyl (C=O) groups excluding carboxylic acids is 1. The predicted octanol–water partition coefficient (Wildman–Crippen LogP) is 1.57. The van der Waals surface area contributed by atoms with Gasteiger partial charge in [0.05, 0.1) is 0 Å². The molecule has 0 aliphatic rings. The van der Waals surface area contributed by atoms with Crippen LogP contribution in [0.5, 0.6) is 0 Å². The molecular formula is C13H12FN2O+. The van der Waals surface area contributed by atoms with Crippen molar-refractivity contribution in [1.82, 2.24) is 5.32 Å². The number of hydrogen-bond acceptors (Lipinski definition) is 1. The summed E-state index contributed by atoms with van der Waals surface area (Å²) >= 11 is 0. The second-order valence-corrected chi connectivity index (χ2v) is 3.60. The van der Waals surface area contributed by atoms with E-state index in [1.807, 2.05) is 18.3 Å². The van der Waals surface area contributed by atoms with Gasteiger partial charge in [0.1, 0.15) is 5.82 Å². The van der Waals surface area contributed by atoms with E-state index in [1.54, 1.807) is 6.20 Å². The maximum atomic E-state index is 12.7. The van der Waals surface area contributed by atoms with E-state index in [0.29, 0.717) is 12.1 Å². The van der Waals surface area contributed by atoms with Crippen LogP contribution in [0.4, 0.5) is 4.39 Å². The van der Waals surface area contributed by atoms with Crippen molar-refractivity contribution in [1.29, 1.82) is 0 Å². The van der Waals surface area contributed by atoms with Crippen molar-refractivity contribution in [3.63, 3.8) is 0 Å². The van der Waals surface area contributed by atoms with Crippen LogP contribution in [0, 0.1) is 5.82 Å². The number of aromatic nitrogens is 1. The maximum absolute atomic E-state index is 12.7. The zero-order valence-corrected chi connectivity index (χ0v) is 9.11. The average molecular weight is 231 g/mol. The van der Waals surface area contributed by atoms with Crippen LogP contribution < -0.4 is 10.3 Å². The highest BCUT2D eigenvalue weighted by molar-refractivity contribution is 5.94. The van der Waals surface area contributed by atoms with Crippen molar-refractivity contribution < 1.29 is 14.2 Å². The highest BCUT2D eigenvalue weighted by Gasteiger charge is 2.05. The third-order valence-corrected chi connectivity index (χ3v) is 2.33. The first kappa shape index (κ1) is 11.3. The van der Waals surface area contributed by atoms with Crippen LogP contribution in [0.2, 0.25) is 0 Å². The fraction of sp³-hybridized carbons (Fsp3) is 0.0769. The number of H-pyrrole nitrogens is 1. The minimum atomic E-state index is -0.348. The Hall–Kier alpha value is -2.23. The normalized spacial score (nSPS) is 9.94. The largest absolute Gasteiger partial charge is 0.348 e. The molecule has 0 aliphatic carbocycles. The molecule has 0 bridgehead atoms. The molecule has 1 heterocycles. The van der Waals surface area contributed by atoms with Gasteiger partial charge in [0, 0.05) is 23.7 Å². The van der Waals surface area contributed by atoms with Gasteiger partial charge in [-0.15, -0.1) is 0 Å². The van der Waals surface area contributed by atoms with Crippen LogP contribution in [-0.4, -0.2) is 5.91 Å². The minimum Gasteiger partial charge on any atom is -0.348 e. The van der Waals surface area contributed by atoms with Gasteiger partial charge < -0.3 is 5.32 Å². The Morgan fingerprint density at radius 1 is 1.24 bits per heavy atom. The lowest BCUT2D eigenvalue weighted by Crippen LogP contribution is -2.23. The van der Waals surface area contributed by atoms with E-state index >= 15 is 0 Å². The molecule has 0 atom stereocenters. The zero-order valence-electron chi connectivity index (χ0n) is 9.11. The Morgan fingerprint density at radius 3 is 2.65 bits per heavy atom. The van der Waals surface area contributed by atoms with Crippen molar-refractivity contribution in [3.05, 3.63) is 65.7 Å². The SMILES string of the molecule is O=C(NCc1ccc[nH+]c1)c1ccc(F)cc1. The molecule has 2 aromatic rings. The van der Waals surface area contributed by atoms with Gasteiger partial charge >= 0.3 is 0 Å². The summed E-state index contributed by atoms with van der Waals surface area (Å²) in [6.07, 6.45) is 3.61. The Labute approximate surface area is 98.3 Å². The number of carbonyl (C=O) groups is 1. The molecule has 0 unspecified atom stereocenters. The number of aromatic amines is 1. The summed E-state index contributed by atoms with van der Waals surface area (Å²) < 4.78 is 12.7. The van der Waals surface area contributed by atoms with Crippen LogP contribution >= 0.6 is 0 Å². The standard InChI is InChI=1S/C13H11FN2O/c14-12-5-3-11(4-6-12)13(17)16-9-10-2-1-7-15-8-10/h1-8H,9H2,(H,16,17)/p+1. The average Bonchev–Trinajstić information content (AvgIpc) is 2.38. The highest BCUT2D eigenvalue weighted by atomic mass is 19.1. The summed E-state index contributed by atoms with van der Waals surface area (Å²) in [5, 5.41) is 2.75. The van der Waals surface area contributed by atoms with Crippen molar-refractivity contribution >= 4 is 5.91 Å². The number of benzene rings is 1. The fourth-order valence-corrected chi connectivity index (χ4v) is 1.43. The second kappa shape index (κ2) is 5.21. The maximum Gasteiger partial charge on any atom is 0.251 e. The Kier molecular flexibility index (Phi) is 3.45. The van der Waals surface area contributed by atoms with Crippen LogP contribution in [-0.2, 0) is 6.54 Å².